The highest BCUT2D eigenvalue weighted by Crippen LogP contribution is 2.71. The van der Waals surface area contributed by atoms with Crippen molar-refractivity contribution >= 4 is 73.5 Å². The number of benzene rings is 6. The first-order valence-electron chi connectivity index (χ1n) is 16.8. The maximum Gasteiger partial charge on any atom is 0.252 e. The van der Waals surface area contributed by atoms with E-state index in [1.807, 2.05) is 0 Å². The Bertz CT molecular complexity index is 2530. The van der Waals surface area contributed by atoms with E-state index < -0.39 is 0 Å². The predicted octanol–water partition coefficient (Wildman–Crippen LogP) is 8.81. The summed E-state index contributed by atoms with van der Waals surface area (Å²) in [5.41, 5.74) is 16.0. The highest BCUT2D eigenvalue weighted by Gasteiger charge is 2.71. The van der Waals surface area contributed by atoms with Crippen molar-refractivity contribution < 1.29 is 4.42 Å². The largest absolute Gasteiger partial charge is 0.454 e. The van der Waals surface area contributed by atoms with Crippen LogP contribution in [-0.4, -0.2) is 6.71 Å². The molecular weight excluding hydrogens is 571 g/mol. The molecule has 0 bridgehead atoms. The number of anilines is 5. The van der Waals surface area contributed by atoms with Crippen molar-refractivity contribution in [1.82, 2.24) is 0 Å². The van der Waals surface area contributed by atoms with Crippen molar-refractivity contribution in [3.8, 4) is 0 Å². The van der Waals surface area contributed by atoms with E-state index >= 15 is 0 Å². The summed E-state index contributed by atoms with van der Waals surface area (Å²) in [4.78, 5) is 5.23. The second kappa shape index (κ2) is 8.19. The molecule has 0 amide bonds. The van der Waals surface area contributed by atoms with Gasteiger partial charge in [0.1, 0.15) is 5.58 Å². The van der Waals surface area contributed by atoms with Crippen molar-refractivity contribution in [3.63, 3.8) is 0 Å². The minimum atomic E-state index is -0.272. The number of rotatable bonds is 1. The van der Waals surface area contributed by atoms with E-state index in [4.69, 9.17) is 4.42 Å². The van der Waals surface area contributed by atoms with Gasteiger partial charge in [-0.2, -0.15) is 0 Å². The fraction of sp³-hybridized carbons (Fsp3) is 0.163. The molecule has 0 fully saturated rings. The van der Waals surface area contributed by atoms with Crippen LogP contribution in [0.2, 0.25) is 0 Å². The van der Waals surface area contributed by atoms with Gasteiger partial charge in [-0.25, -0.2) is 0 Å². The van der Waals surface area contributed by atoms with E-state index in [0.717, 1.165) is 27.6 Å². The molecule has 47 heavy (non-hydrogen) atoms. The average Bonchev–Trinajstić information content (AvgIpc) is 3.63. The summed E-state index contributed by atoms with van der Waals surface area (Å²) in [7, 11) is 0. The summed E-state index contributed by atoms with van der Waals surface area (Å²) in [5, 5.41) is 2.30. The summed E-state index contributed by atoms with van der Waals surface area (Å²) < 4.78 is 6.68. The Hall–Kier alpha value is -5.22. The second-order valence-corrected chi connectivity index (χ2v) is 14.7. The molecule has 2 atom stereocenters. The third-order valence-corrected chi connectivity index (χ3v) is 12.9. The number of fused-ring (bicyclic) bond motifs is 13. The van der Waals surface area contributed by atoms with Gasteiger partial charge in [0.15, 0.2) is 5.58 Å². The van der Waals surface area contributed by atoms with Crippen LogP contribution in [0.25, 0.3) is 21.9 Å². The molecule has 3 nitrogen and oxygen atoms in total. The number of hydrogen-bond acceptors (Lipinski definition) is 3. The van der Waals surface area contributed by atoms with Crippen molar-refractivity contribution in [3.05, 3.63) is 144 Å². The summed E-state index contributed by atoms with van der Waals surface area (Å²) >= 11 is 0. The maximum atomic E-state index is 6.68. The van der Waals surface area contributed by atoms with Crippen LogP contribution in [0.1, 0.15) is 44.4 Å². The third-order valence-electron chi connectivity index (χ3n) is 12.9. The maximum absolute atomic E-state index is 6.68. The molecule has 0 saturated heterocycles. The van der Waals surface area contributed by atoms with Crippen LogP contribution in [0, 0.1) is 0 Å². The first-order valence-corrected chi connectivity index (χ1v) is 16.8. The van der Waals surface area contributed by atoms with Gasteiger partial charge in [0.2, 0.25) is 0 Å². The lowest BCUT2D eigenvalue weighted by molar-refractivity contribution is 0.208. The van der Waals surface area contributed by atoms with Gasteiger partial charge in [-0.1, -0.05) is 118 Å². The molecule has 4 heterocycles. The molecule has 7 aromatic rings. The van der Waals surface area contributed by atoms with Crippen LogP contribution in [-0.2, 0) is 16.4 Å². The van der Waals surface area contributed by atoms with Gasteiger partial charge in [0.25, 0.3) is 6.71 Å². The fourth-order valence-corrected chi connectivity index (χ4v) is 10.5. The van der Waals surface area contributed by atoms with E-state index in [1.165, 1.54) is 55.8 Å². The van der Waals surface area contributed by atoms with Gasteiger partial charge in [0.05, 0.1) is 11.2 Å². The van der Waals surface area contributed by atoms with Gasteiger partial charge in [-0.15, -0.1) is 0 Å². The standard InChI is InChI=1S/C43H33BN2O/c1-41(2)28-16-6-7-17-29(28)43(4)42(41,3)30-24-25-35-38-39(30)46(43)34-21-11-9-19-32(34)44(38)31-18-8-10-20-33(31)45(35)36-22-13-15-27-26-14-5-12-23-37(26)47-40(27)36/h5-25H,1-4H3. The van der Waals surface area contributed by atoms with Crippen molar-refractivity contribution in [2.75, 3.05) is 9.80 Å². The Labute approximate surface area is 275 Å². The van der Waals surface area contributed by atoms with Gasteiger partial charge in [-0.3, -0.25) is 0 Å². The molecule has 224 valence electrons. The highest BCUT2D eigenvalue weighted by atomic mass is 16.3. The van der Waals surface area contributed by atoms with E-state index in [9.17, 15) is 0 Å². The normalized spacial score (nSPS) is 22.3. The zero-order chi connectivity index (χ0) is 31.4. The molecule has 0 radical (unpaired) electrons. The minimum absolute atomic E-state index is 0.0863. The van der Waals surface area contributed by atoms with Gasteiger partial charge in [0, 0.05) is 44.4 Å². The molecule has 4 aliphatic rings. The van der Waals surface area contributed by atoms with E-state index in [-0.39, 0.29) is 23.1 Å². The molecule has 1 aliphatic carbocycles. The predicted molar refractivity (Wildman–Crippen MR) is 196 cm³/mol. The zero-order valence-electron chi connectivity index (χ0n) is 27.0. The van der Waals surface area contributed by atoms with Crippen LogP contribution in [0.3, 0.4) is 0 Å². The lowest BCUT2D eigenvalue weighted by Gasteiger charge is -2.49. The number of hydrogen-bond donors (Lipinski definition) is 0. The SMILES string of the molecule is CC1(C)c2ccccc2C2(C)N3c4ccccc4B4c5ccccc5N(c5cccc6c5oc5ccccc56)c5ccc(c3c54)C12C. The van der Waals surface area contributed by atoms with Crippen molar-refractivity contribution in [2.24, 2.45) is 0 Å². The van der Waals surface area contributed by atoms with Crippen LogP contribution >= 0.6 is 0 Å². The topological polar surface area (TPSA) is 19.6 Å². The van der Waals surface area contributed by atoms with E-state index in [1.54, 1.807) is 0 Å². The Morgan fingerprint density at radius 1 is 0.532 bits per heavy atom. The molecule has 1 aromatic heterocycles. The number of nitrogens with zero attached hydrogens (tertiary/aromatic N) is 2. The second-order valence-electron chi connectivity index (χ2n) is 14.7. The van der Waals surface area contributed by atoms with Crippen LogP contribution in [0.4, 0.5) is 28.4 Å². The molecule has 0 N–H and O–H groups in total. The van der Waals surface area contributed by atoms with Crippen molar-refractivity contribution in [2.45, 2.75) is 44.1 Å². The summed E-state index contributed by atoms with van der Waals surface area (Å²) in [6.45, 7) is 10.1. The Kier molecular flexibility index (Phi) is 4.52. The molecule has 2 unspecified atom stereocenters. The van der Waals surface area contributed by atoms with Crippen LogP contribution in [0.15, 0.2) is 132 Å². The minimum Gasteiger partial charge on any atom is -0.454 e. The van der Waals surface area contributed by atoms with E-state index in [0.29, 0.717) is 0 Å². The summed E-state index contributed by atoms with van der Waals surface area (Å²) in [6.07, 6.45) is 0. The Morgan fingerprint density at radius 3 is 2.00 bits per heavy atom. The molecule has 4 heteroatoms. The Balaban J connectivity index is 1.28. The van der Waals surface area contributed by atoms with E-state index in [2.05, 4.69) is 165 Å². The molecule has 3 aliphatic heterocycles. The van der Waals surface area contributed by atoms with Crippen LogP contribution < -0.4 is 26.2 Å². The number of para-hydroxylation sites is 4. The molecule has 11 rings (SSSR count). The molecule has 0 saturated carbocycles. The lowest BCUT2D eigenvalue weighted by Crippen LogP contribution is -2.63. The monoisotopic (exact) mass is 604 g/mol. The summed E-state index contributed by atoms with van der Waals surface area (Å²) in [5.74, 6) is 0. The van der Waals surface area contributed by atoms with Gasteiger partial charge >= 0.3 is 0 Å². The van der Waals surface area contributed by atoms with Crippen LogP contribution in [0.5, 0.6) is 0 Å². The number of furan rings is 1. The molecule has 0 spiro atoms. The summed E-state index contributed by atoms with van der Waals surface area (Å²) in [6, 6.07) is 47.3. The first-order chi connectivity index (χ1) is 22.9. The van der Waals surface area contributed by atoms with Gasteiger partial charge in [-0.05, 0) is 70.3 Å². The van der Waals surface area contributed by atoms with Crippen molar-refractivity contribution in [1.29, 1.82) is 0 Å². The Morgan fingerprint density at radius 2 is 1.17 bits per heavy atom. The lowest BCUT2D eigenvalue weighted by atomic mass is 9.33. The molecule has 6 aromatic carbocycles. The smallest absolute Gasteiger partial charge is 0.252 e. The molecular formula is C43H33BN2O. The first kappa shape index (κ1) is 25.9. The fourth-order valence-electron chi connectivity index (χ4n) is 10.5. The zero-order valence-corrected chi connectivity index (χ0v) is 27.0. The highest BCUT2D eigenvalue weighted by molar-refractivity contribution is 7.00. The average molecular weight is 605 g/mol. The van der Waals surface area contributed by atoms with Gasteiger partial charge < -0.3 is 14.2 Å². The third kappa shape index (κ3) is 2.66. The quantitative estimate of drug-likeness (QED) is 0.175.